The van der Waals surface area contributed by atoms with E-state index in [4.69, 9.17) is 11.6 Å². The van der Waals surface area contributed by atoms with Crippen molar-refractivity contribution in [1.29, 1.82) is 0 Å². The highest BCUT2D eigenvalue weighted by molar-refractivity contribution is 8.00. The van der Waals surface area contributed by atoms with Crippen molar-refractivity contribution in [3.63, 3.8) is 0 Å². The molecule has 0 spiro atoms. The van der Waals surface area contributed by atoms with Crippen LogP contribution in [0.15, 0.2) is 29.4 Å². The second-order valence-corrected chi connectivity index (χ2v) is 5.96. The molecule has 0 aliphatic carbocycles. The first kappa shape index (κ1) is 15.8. The minimum atomic E-state index is -0.896. The maximum atomic E-state index is 11.7. The highest BCUT2D eigenvalue weighted by Gasteiger charge is 2.20. The SMILES string of the molecule is Cc1ccc(-c2nnc(S[C@@H](C)C(=O)NC(N)=O)n2N)cc1. The van der Waals surface area contributed by atoms with Gasteiger partial charge >= 0.3 is 6.03 Å². The van der Waals surface area contributed by atoms with Crippen molar-refractivity contribution in [1.82, 2.24) is 20.2 Å². The summed E-state index contributed by atoms with van der Waals surface area (Å²) in [5.41, 5.74) is 6.85. The third-order valence-corrected chi connectivity index (χ3v) is 3.93. The van der Waals surface area contributed by atoms with Crippen LogP contribution in [0.5, 0.6) is 0 Å². The lowest BCUT2D eigenvalue weighted by Gasteiger charge is -2.09. The number of carbonyl (C=O) groups excluding carboxylic acids is 2. The number of nitrogen functional groups attached to an aromatic ring is 1. The minimum absolute atomic E-state index is 0.364. The molecule has 0 aliphatic rings. The molecule has 0 fully saturated rings. The molecule has 2 aromatic rings. The topological polar surface area (TPSA) is 129 Å². The quantitative estimate of drug-likeness (QED) is 0.560. The monoisotopic (exact) mass is 320 g/mol. The van der Waals surface area contributed by atoms with Crippen LogP contribution < -0.4 is 16.9 Å². The fourth-order valence-electron chi connectivity index (χ4n) is 1.69. The van der Waals surface area contributed by atoms with Crippen LogP contribution in [0.2, 0.25) is 0 Å². The number of rotatable bonds is 4. The van der Waals surface area contributed by atoms with Crippen LogP contribution in [-0.2, 0) is 4.79 Å². The standard InChI is InChI=1S/C13H16N6O2S/c1-7-3-5-9(6-4-7)10-17-18-13(19(10)15)22-8(2)11(20)16-12(14)21/h3-6,8H,15H2,1-2H3,(H3,14,16,20,21)/t8-/m0/s1. The minimum Gasteiger partial charge on any atom is -0.351 e. The smallest absolute Gasteiger partial charge is 0.318 e. The van der Waals surface area contributed by atoms with Crippen molar-refractivity contribution in [2.45, 2.75) is 24.3 Å². The number of hydrogen-bond acceptors (Lipinski definition) is 6. The molecule has 2 rings (SSSR count). The predicted molar refractivity (Wildman–Crippen MR) is 83.4 cm³/mol. The summed E-state index contributed by atoms with van der Waals surface area (Å²) >= 11 is 1.08. The molecule has 1 atom stereocenters. The van der Waals surface area contributed by atoms with Crippen LogP contribution in [0, 0.1) is 6.92 Å². The predicted octanol–water partition coefficient (Wildman–Crippen LogP) is 0.643. The average Bonchev–Trinajstić information content (AvgIpc) is 2.80. The molecular weight excluding hydrogens is 304 g/mol. The fourth-order valence-corrected chi connectivity index (χ4v) is 2.46. The summed E-state index contributed by atoms with van der Waals surface area (Å²) in [7, 11) is 0. The Kier molecular flexibility index (Phi) is 4.66. The van der Waals surface area contributed by atoms with Gasteiger partial charge in [0.2, 0.25) is 11.1 Å². The Morgan fingerprint density at radius 3 is 2.50 bits per heavy atom. The van der Waals surface area contributed by atoms with Gasteiger partial charge in [0.05, 0.1) is 5.25 Å². The summed E-state index contributed by atoms with van der Waals surface area (Å²) in [6, 6.07) is 6.77. The van der Waals surface area contributed by atoms with E-state index in [2.05, 4.69) is 10.2 Å². The number of aromatic nitrogens is 3. The Labute approximate surface area is 131 Å². The molecule has 0 aliphatic heterocycles. The number of imide groups is 1. The zero-order valence-electron chi connectivity index (χ0n) is 12.1. The van der Waals surface area contributed by atoms with Crippen LogP contribution in [0.3, 0.4) is 0 Å². The Morgan fingerprint density at radius 2 is 1.91 bits per heavy atom. The van der Waals surface area contributed by atoms with E-state index in [-0.39, 0.29) is 0 Å². The number of nitrogens with two attached hydrogens (primary N) is 2. The maximum absolute atomic E-state index is 11.7. The lowest BCUT2D eigenvalue weighted by Crippen LogP contribution is -2.39. The van der Waals surface area contributed by atoms with Crippen molar-refractivity contribution in [2.24, 2.45) is 5.73 Å². The zero-order valence-corrected chi connectivity index (χ0v) is 12.9. The number of benzene rings is 1. The fraction of sp³-hybridized carbons (Fsp3) is 0.231. The molecule has 0 radical (unpaired) electrons. The van der Waals surface area contributed by atoms with Gasteiger partial charge in [0.1, 0.15) is 0 Å². The Hall–Kier alpha value is -2.55. The van der Waals surface area contributed by atoms with Crippen LogP contribution in [0.4, 0.5) is 4.79 Å². The van der Waals surface area contributed by atoms with E-state index in [1.807, 2.05) is 36.5 Å². The number of nitrogens with one attached hydrogen (secondary N) is 1. The number of amides is 3. The van der Waals surface area contributed by atoms with Crippen molar-refractivity contribution in [3.8, 4) is 11.4 Å². The largest absolute Gasteiger partial charge is 0.351 e. The van der Waals surface area contributed by atoms with Gasteiger partial charge < -0.3 is 11.6 Å². The Balaban J connectivity index is 2.16. The summed E-state index contributed by atoms with van der Waals surface area (Å²) in [5.74, 6) is 5.95. The van der Waals surface area contributed by atoms with E-state index in [0.29, 0.717) is 11.0 Å². The molecule has 116 valence electrons. The van der Waals surface area contributed by atoms with Crippen LogP contribution >= 0.6 is 11.8 Å². The molecule has 0 bridgehead atoms. The van der Waals surface area contributed by atoms with E-state index in [0.717, 1.165) is 22.9 Å². The number of hydrogen-bond donors (Lipinski definition) is 3. The van der Waals surface area contributed by atoms with Gasteiger partial charge in [-0.1, -0.05) is 41.6 Å². The van der Waals surface area contributed by atoms with Crippen LogP contribution in [0.25, 0.3) is 11.4 Å². The maximum Gasteiger partial charge on any atom is 0.318 e. The average molecular weight is 320 g/mol. The summed E-state index contributed by atoms with van der Waals surface area (Å²) < 4.78 is 1.31. The summed E-state index contributed by atoms with van der Waals surface area (Å²) in [6.45, 7) is 3.60. The third kappa shape index (κ3) is 3.55. The van der Waals surface area contributed by atoms with Gasteiger partial charge in [-0.15, -0.1) is 10.2 Å². The lowest BCUT2D eigenvalue weighted by molar-refractivity contribution is -0.119. The van der Waals surface area contributed by atoms with Crippen LogP contribution in [0.1, 0.15) is 12.5 Å². The Bertz CT molecular complexity index is 697. The van der Waals surface area contributed by atoms with Gasteiger partial charge in [0.25, 0.3) is 0 Å². The number of carbonyl (C=O) groups is 2. The molecule has 1 heterocycles. The number of primary amides is 1. The molecule has 22 heavy (non-hydrogen) atoms. The van der Waals surface area contributed by atoms with Gasteiger partial charge in [0, 0.05) is 5.56 Å². The first-order valence-electron chi connectivity index (χ1n) is 6.43. The number of aryl methyl sites for hydroxylation is 1. The first-order chi connectivity index (χ1) is 10.4. The number of urea groups is 1. The van der Waals surface area contributed by atoms with E-state index < -0.39 is 17.2 Å². The van der Waals surface area contributed by atoms with Crippen molar-refractivity contribution >= 4 is 23.7 Å². The van der Waals surface area contributed by atoms with Crippen molar-refractivity contribution in [3.05, 3.63) is 29.8 Å². The van der Waals surface area contributed by atoms with Crippen molar-refractivity contribution in [2.75, 3.05) is 5.84 Å². The molecule has 0 unspecified atom stereocenters. The molecule has 0 saturated carbocycles. The van der Waals surface area contributed by atoms with E-state index in [9.17, 15) is 9.59 Å². The molecule has 9 heteroatoms. The summed E-state index contributed by atoms with van der Waals surface area (Å²) in [6.07, 6.45) is 0. The molecule has 0 saturated heterocycles. The van der Waals surface area contributed by atoms with Gasteiger partial charge in [-0.05, 0) is 13.8 Å². The number of thioether (sulfide) groups is 1. The highest BCUT2D eigenvalue weighted by atomic mass is 32.2. The zero-order chi connectivity index (χ0) is 16.3. The van der Waals surface area contributed by atoms with Gasteiger partial charge in [-0.3, -0.25) is 10.1 Å². The van der Waals surface area contributed by atoms with Crippen LogP contribution in [-0.4, -0.2) is 32.1 Å². The Morgan fingerprint density at radius 1 is 1.27 bits per heavy atom. The lowest BCUT2D eigenvalue weighted by atomic mass is 10.1. The van der Waals surface area contributed by atoms with E-state index >= 15 is 0 Å². The van der Waals surface area contributed by atoms with Gasteiger partial charge in [-0.25, -0.2) is 9.47 Å². The molecule has 1 aromatic heterocycles. The molecule has 3 amide bonds. The molecule has 5 N–H and O–H groups in total. The van der Waals surface area contributed by atoms with Gasteiger partial charge in [0.15, 0.2) is 5.82 Å². The number of nitrogens with zero attached hydrogens (tertiary/aromatic N) is 3. The molecular formula is C13H16N6O2S. The van der Waals surface area contributed by atoms with Crippen molar-refractivity contribution < 1.29 is 9.59 Å². The second kappa shape index (κ2) is 6.48. The molecule has 8 nitrogen and oxygen atoms in total. The second-order valence-electron chi connectivity index (χ2n) is 4.66. The van der Waals surface area contributed by atoms with E-state index in [1.165, 1.54) is 4.68 Å². The summed E-state index contributed by atoms with van der Waals surface area (Å²) in [5, 5.41) is 9.78. The normalized spacial score (nSPS) is 11.9. The van der Waals surface area contributed by atoms with Gasteiger partial charge in [-0.2, -0.15) is 0 Å². The third-order valence-electron chi connectivity index (χ3n) is 2.87. The van der Waals surface area contributed by atoms with E-state index in [1.54, 1.807) is 6.92 Å². The highest BCUT2D eigenvalue weighted by Crippen LogP contribution is 2.24. The first-order valence-corrected chi connectivity index (χ1v) is 7.31. The summed E-state index contributed by atoms with van der Waals surface area (Å²) in [4.78, 5) is 22.3. The molecule has 1 aromatic carbocycles.